The molecule has 2 fully saturated rings. The molecule has 6 nitrogen and oxygen atoms in total. The fourth-order valence-corrected chi connectivity index (χ4v) is 4.28. The van der Waals surface area contributed by atoms with E-state index >= 15 is 0 Å². The van der Waals surface area contributed by atoms with Gasteiger partial charge in [0.25, 0.3) is 5.91 Å². The molecule has 34 heavy (non-hydrogen) atoms. The number of hydrogen-bond acceptors (Lipinski definition) is 4. The van der Waals surface area contributed by atoms with Crippen LogP contribution in [0.2, 0.25) is 0 Å². The van der Waals surface area contributed by atoms with E-state index < -0.39 is 29.4 Å². The van der Waals surface area contributed by atoms with Gasteiger partial charge in [0, 0.05) is 31.7 Å². The maximum Gasteiger partial charge on any atom is 0.416 e. The zero-order valence-electron chi connectivity index (χ0n) is 18.4. The summed E-state index contributed by atoms with van der Waals surface area (Å²) >= 11 is 0. The standard InChI is InChI=1S/C24H25F4N3O3/c25-19-6-3-16(4-7-19)23(33)31-9-1-2-17(15-31)22(32)29-20-14-18(24(26,27)28)5-8-21(20)30-10-12-34-13-11-30/h3-8,14,17H,1-2,9-13,15H2,(H,29,32). The van der Waals surface area contributed by atoms with Gasteiger partial charge in [-0.15, -0.1) is 0 Å². The summed E-state index contributed by atoms with van der Waals surface area (Å²) in [5.41, 5.74) is 0.0509. The van der Waals surface area contributed by atoms with E-state index in [4.69, 9.17) is 4.74 Å². The van der Waals surface area contributed by atoms with Gasteiger partial charge >= 0.3 is 6.18 Å². The highest BCUT2D eigenvalue weighted by atomic mass is 19.4. The van der Waals surface area contributed by atoms with E-state index in [1.165, 1.54) is 35.2 Å². The summed E-state index contributed by atoms with van der Waals surface area (Å²) < 4.78 is 58.5. The fourth-order valence-electron chi connectivity index (χ4n) is 4.28. The minimum absolute atomic E-state index is 0.0868. The number of carbonyl (C=O) groups is 2. The molecule has 2 amide bonds. The molecule has 0 bridgehead atoms. The fraction of sp³-hybridized carbons (Fsp3) is 0.417. The van der Waals surface area contributed by atoms with Gasteiger partial charge in [-0.05, 0) is 55.3 Å². The molecule has 0 aromatic heterocycles. The molecular formula is C24H25F4N3O3. The van der Waals surface area contributed by atoms with E-state index in [1.807, 2.05) is 4.90 Å². The van der Waals surface area contributed by atoms with Gasteiger partial charge in [-0.1, -0.05) is 0 Å². The molecule has 2 aliphatic rings. The highest BCUT2D eigenvalue weighted by Crippen LogP contribution is 2.36. The first-order chi connectivity index (χ1) is 16.2. The van der Waals surface area contributed by atoms with E-state index in [2.05, 4.69) is 5.32 Å². The van der Waals surface area contributed by atoms with Crippen molar-refractivity contribution in [3.05, 3.63) is 59.4 Å². The quantitative estimate of drug-likeness (QED) is 0.669. The lowest BCUT2D eigenvalue weighted by molar-refractivity contribution is -0.137. The van der Waals surface area contributed by atoms with Crippen LogP contribution in [0.4, 0.5) is 28.9 Å². The molecule has 0 spiro atoms. The molecule has 2 heterocycles. The topological polar surface area (TPSA) is 61.9 Å². The minimum atomic E-state index is -4.55. The number of morpholine rings is 1. The van der Waals surface area contributed by atoms with Crippen molar-refractivity contribution in [2.45, 2.75) is 19.0 Å². The maximum atomic E-state index is 13.3. The van der Waals surface area contributed by atoms with Crippen LogP contribution < -0.4 is 10.2 Å². The highest BCUT2D eigenvalue weighted by Gasteiger charge is 2.33. The molecule has 2 aromatic rings. The smallest absolute Gasteiger partial charge is 0.378 e. The zero-order valence-corrected chi connectivity index (χ0v) is 18.4. The summed E-state index contributed by atoms with van der Waals surface area (Å²) in [6.45, 7) is 2.46. The summed E-state index contributed by atoms with van der Waals surface area (Å²) in [4.78, 5) is 29.3. The summed E-state index contributed by atoms with van der Waals surface area (Å²) in [6, 6.07) is 8.49. The van der Waals surface area contributed by atoms with Crippen molar-refractivity contribution in [2.75, 3.05) is 49.6 Å². The van der Waals surface area contributed by atoms with Gasteiger partial charge in [-0.3, -0.25) is 9.59 Å². The second-order valence-electron chi connectivity index (χ2n) is 8.42. The van der Waals surface area contributed by atoms with E-state index in [0.717, 1.165) is 12.1 Å². The lowest BCUT2D eigenvalue weighted by atomic mass is 9.96. The van der Waals surface area contributed by atoms with Gasteiger partial charge in [0.1, 0.15) is 5.82 Å². The van der Waals surface area contributed by atoms with Crippen LogP contribution in [0.5, 0.6) is 0 Å². The molecule has 0 saturated carbocycles. The van der Waals surface area contributed by atoms with Gasteiger partial charge in [-0.2, -0.15) is 13.2 Å². The number of rotatable bonds is 4. The van der Waals surface area contributed by atoms with Crippen LogP contribution in [-0.4, -0.2) is 56.1 Å². The third kappa shape index (κ3) is 5.49. The number of hydrogen-bond donors (Lipinski definition) is 1. The second-order valence-corrected chi connectivity index (χ2v) is 8.42. The molecule has 182 valence electrons. The Labute approximate surface area is 194 Å². The predicted octanol–water partition coefficient (Wildman–Crippen LogP) is 4.17. The normalized spacial score (nSPS) is 19.1. The van der Waals surface area contributed by atoms with E-state index in [1.54, 1.807) is 0 Å². The van der Waals surface area contributed by atoms with Gasteiger partial charge in [-0.25, -0.2) is 4.39 Å². The Morgan fingerprint density at radius 3 is 2.38 bits per heavy atom. The Balaban J connectivity index is 1.51. The molecule has 4 rings (SSSR count). The molecule has 2 aliphatic heterocycles. The number of halogens is 4. The number of carbonyl (C=O) groups excluding carboxylic acids is 2. The van der Waals surface area contributed by atoms with Crippen molar-refractivity contribution < 1.29 is 31.9 Å². The van der Waals surface area contributed by atoms with E-state index in [-0.39, 0.29) is 18.1 Å². The van der Waals surface area contributed by atoms with Crippen LogP contribution in [0.15, 0.2) is 42.5 Å². The van der Waals surface area contributed by atoms with Crippen LogP contribution in [0.3, 0.4) is 0 Å². The van der Waals surface area contributed by atoms with Crippen molar-refractivity contribution >= 4 is 23.2 Å². The Bertz CT molecular complexity index is 1040. The zero-order chi connectivity index (χ0) is 24.3. The van der Waals surface area contributed by atoms with Crippen molar-refractivity contribution in [1.82, 2.24) is 4.90 Å². The molecule has 2 saturated heterocycles. The molecule has 1 N–H and O–H groups in total. The number of ether oxygens (including phenoxy) is 1. The number of nitrogens with one attached hydrogen (secondary N) is 1. The Hall–Kier alpha value is -3.14. The van der Waals surface area contributed by atoms with Crippen molar-refractivity contribution in [3.8, 4) is 0 Å². The molecule has 10 heteroatoms. The molecule has 1 unspecified atom stereocenters. The summed E-state index contributed by atoms with van der Waals surface area (Å²) in [6.07, 6.45) is -3.47. The SMILES string of the molecule is O=C(Nc1cc(C(F)(F)F)ccc1N1CCOCC1)C1CCCN(C(=O)c2ccc(F)cc2)C1. The lowest BCUT2D eigenvalue weighted by Gasteiger charge is -2.33. The number of alkyl halides is 3. The second kappa shape index (κ2) is 10.0. The largest absolute Gasteiger partial charge is 0.416 e. The van der Waals surface area contributed by atoms with Gasteiger partial charge in [0.2, 0.25) is 5.91 Å². The van der Waals surface area contributed by atoms with Gasteiger partial charge in [0.15, 0.2) is 0 Å². The first kappa shape index (κ1) is 24.0. The number of nitrogens with zero attached hydrogens (tertiary/aromatic N) is 2. The Morgan fingerprint density at radius 1 is 1.00 bits per heavy atom. The van der Waals surface area contributed by atoms with Crippen molar-refractivity contribution in [1.29, 1.82) is 0 Å². The minimum Gasteiger partial charge on any atom is -0.378 e. The predicted molar refractivity (Wildman–Crippen MR) is 118 cm³/mol. The molecular weight excluding hydrogens is 454 g/mol. The monoisotopic (exact) mass is 479 g/mol. The first-order valence-electron chi connectivity index (χ1n) is 11.1. The lowest BCUT2D eigenvalue weighted by Crippen LogP contribution is -2.44. The molecule has 0 aliphatic carbocycles. The third-order valence-electron chi connectivity index (χ3n) is 6.10. The Morgan fingerprint density at radius 2 is 1.71 bits per heavy atom. The van der Waals surface area contributed by atoms with Crippen LogP contribution in [-0.2, 0) is 15.7 Å². The van der Waals surface area contributed by atoms with Crippen LogP contribution in [0.25, 0.3) is 0 Å². The maximum absolute atomic E-state index is 13.3. The van der Waals surface area contributed by atoms with Crippen molar-refractivity contribution in [2.24, 2.45) is 5.92 Å². The average molecular weight is 479 g/mol. The number of likely N-dealkylation sites (tertiary alicyclic amines) is 1. The van der Waals surface area contributed by atoms with Gasteiger partial charge in [0.05, 0.1) is 36.1 Å². The van der Waals surface area contributed by atoms with E-state index in [0.29, 0.717) is 56.9 Å². The number of anilines is 2. The van der Waals surface area contributed by atoms with E-state index in [9.17, 15) is 27.2 Å². The number of amides is 2. The van der Waals surface area contributed by atoms with Gasteiger partial charge < -0.3 is 19.9 Å². The van der Waals surface area contributed by atoms with Crippen LogP contribution >= 0.6 is 0 Å². The molecule has 1 atom stereocenters. The third-order valence-corrected chi connectivity index (χ3v) is 6.10. The van der Waals surface area contributed by atoms with Crippen LogP contribution in [0, 0.1) is 11.7 Å². The molecule has 2 aromatic carbocycles. The Kier molecular flexibility index (Phi) is 7.06. The molecule has 0 radical (unpaired) electrons. The van der Waals surface area contributed by atoms with Crippen molar-refractivity contribution in [3.63, 3.8) is 0 Å². The summed E-state index contributed by atoms with van der Waals surface area (Å²) in [5, 5.41) is 2.69. The number of benzene rings is 2. The first-order valence-corrected chi connectivity index (χ1v) is 11.1. The summed E-state index contributed by atoms with van der Waals surface area (Å²) in [5.74, 6) is -1.79. The summed E-state index contributed by atoms with van der Waals surface area (Å²) in [7, 11) is 0. The average Bonchev–Trinajstić information content (AvgIpc) is 2.84. The number of piperidine rings is 1. The highest BCUT2D eigenvalue weighted by molar-refractivity contribution is 5.98. The van der Waals surface area contributed by atoms with Crippen LogP contribution in [0.1, 0.15) is 28.8 Å².